The fourth-order valence-corrected chi connectivity index (χ4v) is 2.59. The summed E-state index contributed by atoms with van der Waals surface area (Å²) < 4.78 is 45.8. The minimum absolute atomic E-state index is 0.258. The van der Waals surface area contributed by atoms with Gasteiger partial charge in [0, 0.05) is 19.5 Å². The highest BCUT2D eigenvalue weighted by Crippen LogP contribution is 2.23. The third-order valence-corrected chi connectivity index (χ3v) is 3.82. The molecular weight excluding hydrogens is 387 g/mol. The van der Waals surface area contributed by atoms with Crippen LogP contribution in [-0.4, -0.2) is 65.6 Å². The second-order valence-corrected chi connectivity index (χ2v) is 6.27. The number of esters is 2. The number of amides is 2. The van der Waals surface area contributed by atoms with Crippen LogP contribution in [0.3, 0.4) is 0 Å². The Morgan fingerprint density at radius 2 is 1.89 bits per heavy atom. The molecule has 12 heteroatoms. The monoisotopic (exact) mass is 409 g/mol. The lowest BCUT2D eigenvalue weighted by atomic mass is 9.97. The van der Waals surface area contributed by atoms with Crippen LogP contribution in [0.2, 0.25) is 0 Å². The fourth-order valence-electron chi connectivity index (χ4n) is 2.59. The molecule has 3 atom stereocenters. The second kappa shape index (κ2) is 9.04. The molecular formula is C16H22F3N3O6. The molecule has 3 N–H and O–H groups in total. The van der Waals surface area contributed by atoms with Crippen LogP contribution < -0.4 is 11.1 Å². The summed E-state index contributed by atoms with van der Waals surface area (Å²) in [7, 11) is 0. The van der Waals surface area contributed by atoms with E-state index in [-0.39, 0.29) is 12.6 Å². The average molecular weight is 409 g/mol. The van der Waals surface area contributed by atoms with Gasteiger partial charge in [-0.05, 0) is 26.8 Å². The number of halogens is 3. The molecule has 158 valence electrons. The third-order valence-electron chi connectivity index (χ3n) is 3.82. The first kappa shape index (κ1) is 23.4. The fraction of sp³-hybridized carbons (Fsp3) is 0.625. The van der Waals surface area contributed by atoms with Gasteiger partial charge in [-0.3, -0.25) is 9.59 Å². The molecule has 9 nitrogen and oxygen atoms in total. The number of nitrogens with one attached hydrogen (secondary N) is 1. The van der Waals surface area contributed by atoms with Crippen molar-refractivity contribution in [2.75, 3.05) is 6.54 Å². The van der Waals surface area contributed by atoms with E-state index in [1.54, 1.807) is 20.8 Å². The maximum Gasteiger partial charge on any atom is 0.491 e. The maximum atomic E-state index is 12.8. The Morgan fingerprint density at radius 1 is 1.32 bits per heavy atom. The summed E-state index contributed by atoms with van der Waals surface area (Å²) in [5.41, 5.74) is 5.86. The zero-order valence-corrected chi connectivity index (χ0v) is 15.7. The molecule has 1 rings (SSSR count). The van der Waals surface area contributed by atoms with Crippen LogP contribution in [0.15, 0.2) is 11.8 Å². The molecule has 0 fully saturated rings. The van der Waals surface area contributed by atoms with Gasteiger partial charge < -0.3 is 25.4 Å². The Hall–Kier alpha value is -2.63. The van der Waals surface area contributed by atoms with E-state index < -0.39 is 53.9 Å². The summed E-state index contributed by atoms with van der Waals surface area (Å²) in [5.74, 6) is -6.50. The summed E-state index contributed by atoms with van der Waals surface area (Å²) in [6.45, 7) is 6.54. The van der Waals surface area contributed by atoms with Crippen molar-refractivity contribution in [1.82, 2.24) is 10.2 Å². The molecule has 28 heavy (non-hydrogen) atoms. The van der Waals surface area contributed by atoms with Crippen LogP contribution in [-0.2, 0) is 28.7 Å². The van der Waals surface area contributed by atoms with Crippen LogP contribution in [0.5, 0.6) is 0 Å². The Morgan fingerprint density at radius 3 is 2.32 bits per heavy atom. The SMILES string of the molecule is CCN(C(=O)[C@@H]1OC(C(=O)OC(=O)C(F)(F)F)=C[C@H](N)[C@H]1NC(C)=O)C(C)C. The van der Waals surface area contributed by atoms with Gasteiger partial charge in [-0.1, -0.05) is 0 Å². The summed E-state index contributed by atoms with van der Waals surface area (Å²) in [6.07, 6.45) is -6.02. The Labute approximate surface area is 159 Å². The highest BCUT2D eigenvalue weighted by atomic mass is 19.4. The van der Waals surface area contributed by atoms with Gasteiger partial charge >= 0.3 is 18.1 Å². The number of hydrogen-bond acceptors (Lipinski definition) is 7. The molecule has 0 aromatic heterocycles. The van der Waals surface area contributed by atoms with E-state index in [0.29, 0.717) is 0 Å². The van der Waals surface area contributed by atoms with Crippen molar-refractivity contribution in [2.24, 2.45) is 5.73 Å². The van der Waals surface area contributed by atoms with E-state index in [4.69, 9.17) is 10.5 Å². The van der Waals surface area contributed by atoms with Gasteiger partial charge in [0.1, 0.15) is 0 Å². The van der Waals surface area contributed by atoms with Crippen LogP contribution in [0.4, 0.5) is 13.2 Å². The summed E-state index contributed by atoms with van der Waals surface area (Å²) in [5, 5.41) is 2.42. The molecule has 2 amide bonds. The van der Waals surface area contributed by atoms with Crippen molar-refractivity contribution >= 4 is 23.8 Å². The Bertz CT molecular complexity index is 677. The first-order valence-electron chi connectivity index (χ1n) is 8.34. The van der Waals surface area contributed by atoms with E-state index in [0.717, 1.165) is 6.08 Å². The Kier molecular flexibility index (Phi) is 7.56. The zero-order chi connectivity index (χ0) is 21.8. The molecule has 0 aliphatic carbocycles. The van der Waals surface area contributed by atoms with Gasteiger partial charge in [0.2, 0.25) is 11.7 Å². The number of nitrogens with two attached hydrogens (primary N) is 1. The van der Waals surface area contributed by atoms with Crippen LogP contribution >= 0.6 is 0 Å². The quantitative estimate of drug-likeness (QED) is 0.483. The number of nitrogens with zero attached hydrogens (tertiary/aromatic N) is 1. The molecule has 0 bridgehead atoms. The van der Waals surface area contributed by atoms with Crippen molar-refractivity contribution in [3.8, 4) is 0 Å². The number of rotatable bonds is 5. The number of alkyl halides is 3. The van der Waals surface area contributed by atoms with E-state index >= 15 is 0 Å². The Balaban J connectivity index is 3.18. The molecule has 0 spiro atoms. The molecule has 0 saturated heterocycles. The lowest BCUT2D eigenvalue weighted by Crippen LogP contribution is -2.62. The van der Waals surface area contributed by atoms with Crippen molar-refractivity contribution in [3.05, 3.63) is 11.8 Å². The molecule has 0 aromatic rings. The smallest absolute Gasteiger partial charge is 0.471 e. The van der Waals surface area contributed by atoms with Crippen LogP contribution in [0.25, 0.3) is 0 Å². The molecule has 0 aromatic carbocycles. The number of carbonyl (C=O) groups is 4. The van der Waals surface area contributed by atoms with E-state index in [1.165, 1.54) is 11.8 Å². The third kappa shape index (κ3) is 5.68. The molecule has 1 aliphatic rings. The van der Waals surface area contributed by atoms with Gasteiger partial charge in [-0.15, -0.1) is 0 Å². The highest BCUT2D eigenvalue weighted by molar-refractivity contribution is 5.97. The van der Waals surface area contributed by atoms with Crippen molar-refractivity contribution in [1.29, 1.82) is 0 Å². The maximum absolute atomic E-state index is 12.8. The minimum Gasteiger partial charge on any atom is -0.471 e. The van der Waals surface area contributed by atoms with Crippen molar-refractivity contribution in [2.45, 2.75) is 58.1 Å². The van der Waals surface area contributed by atoms with Crippen LogP contribution in [0.1, 0.15) is 27.7 Å². The number of likely N-dealkylation sites (N-methyl/N-ethyl adjacent to an activating group) is 1. The normalized spacial score (nSPS) is 22.0. The predicted octanol–water partition coefficient (Wildman–Crippen LogP) is -0.00990. The molecule has 1 aliphatic heterocycles. The minimum atomic E-state index is -5.39. The number of hydrogen-bond donors (Lipinski definition) is 2. The van der Waals surface area contributed by atoms with E-state index in [1.807, 2.05) is 0 Å². The highest BCUT2D eigenvalue weighted by Gasteiger charge is 2.46. The second-order valence-electron chi connectivity index (χ2n) is 6.27. The zero-order valence-electron chi connectivity index (χ0n) is 15.7. The first-order valence-corrected chi connectivity index (χ1v) is 8.34. The van der Waals surface area contributed by atoms with Gasteiger partial charge in [0.25, 0.3) is 5.91 Å². The van der Waals surface area contributed by atoms with Gasteiger partial charge in [-0.2, -0.15) is 13.2 Å². The predicted molar refractivity (Wildman–Crippen MR) is 88.2 cm³/mol. The van der Waals surface area contributed by atoms with E-state index in [9.17, 15) is 32.3 Å². The molecule has 1 heterocycles. The van der Waals surface area contributed by atoms with Gasteiger partial charge in [-0.25, -0.2) is 9.59 Å². The summed E-state index contributed by atoms with van der Waals surface area (Å²) in [4.78, 5) is 48.4. The summed E-state index contributed by atoms with van der Waals surface area (Å²) >= 11 is 0. The topological polar surface area (TPSA) is 128 Å². The van der Waals surface area contributed by atoms with Crippen molar-refractivity contribution < 1.29 is 41.8 Å². The standard InChI is InChI=1S/C16H22F3N3O6/c1-5-22(7(2)3)13(24)12-11(21-8(4)23)9(20)6-10(27-12)14(25)28-15(26)16(17,18)19/h6-7,9,11-12H,5,20H2,1-4H3,(H,21,23)/t9-,11+,12+/m0/s1. The number of ether oxygens (including phenoxy) is 2. The number of carbonyl (C=O) groups excluding carboxylic acids is 4. The lowest BCUT2D eigenvalue weighted by Gasteiger charge is -2.38. The largest absolute Gasteiger partial charge is 0.491 e. The van der Waals surface area contributed by atoms with E-state index in [2.05, 4.69) is 10.1 Å². The van der Waals surface area contributed by atoms with Gasteiger partial charge in [0.05, 0.1) is 12.1 Å². The molecule has 0 saturated carbocycles. The first-order chi connectivity index (χ1) is 12.8. The molecule has 0 unspecified atom stereocenters. The van der Waals surface area contributed by atoms with Crippen LogP contribution in [0, 0.1) is 0 Å². The van der Waals surface area contributed by atoms with Gasteiger partial charge in [0.15, 0.2) is 6.10 Å². The van der Waals surface area contributed by atoms with Crippen molar-refractivity contribution in [3.63, 3.8) is 0 Å². The summed E-state index contributed by atoms with van der Waals surface area (Å²) in [6, 6.07) is -2.53. The average Bonchev–Trinajstić information content (AvgIpc) is 2.55. The lowest BCUT2D eigenvalue weighted by molar-refractivity contribution is -0.202. The molecule has 0 radical (unpaired) electrons.